The summed E-state index contributed by atoms with van der Waals surface area (Å²) in [5.41, 5.74) is -0.193. The quantitative estimate of drug-likeness (QED) is 0.506. The molecule has 0 aliphatic carbocycles. The molecular formula is C19H21F4NO3. The number of benzene rings is 2. The maximum Gasteiger partial charge on any atom is 0.419 e. The van der Waals surface area contributed by atoms with E-state index in [9.17, 15) is 22.7 Å². The predicted octanol–water partition coefficient (Wildman–Crippen LogP) is 5.53. The molecule has 27 heavy (non-hydrogen) atoms. The van der Waals surface area contributed by atoms with Crippen LogP contribution >= 0.6 is 0 Å². The maximum absolute atomic E-state index is 14.0. The van der Waals surface area contributed by atoms with Gasteiger partial charge in [0.25, 0.3) is 0 Å². The smallest absolute Gasteiger partial charge is 0.419 e. The summed E-state index contributed by atoms with van der Waals surface area (Å²) in [5, 5.41) is 10.0. The van der Waals surface area contributed by atoms with Crippen molar-refractivity contribution in [2.75, 3.05) is 5.48 Å². The summed E-state index contributed by atoms with van der Waals surface area (Å²) in [6.45, 7) is 6.62. The highest BCUT2D eigenvalue weighted by Crippen LogP contribution is 2.36. The maximum atomic E-state index is 14.0. The molecule has 0 bridgehead atoms. The van der Waals surface area contributed by atoms with E-state index >= 15 is 0 Å². The third kappa shape index (κ3) is 5.11. The van der Waals surface area contributed by atoms with Gasteiger partial charge < -0.3 is 9.84 Å². The molecular weight excluding hydrogens is 366 g/mol. The van der Waals surface area contributed by atoms with Gasteiger partial charge in [-0.05, 0) is 64.1 Å². The van der Waals surface area contributed by atoms with E-state index in [1.807, 2.05) is 0 Å². The van der Waals surface area contributed by atoms with Gasteiger partial charge in [-0.15, -0.1) is 0 Å². The second kappa shape index (κ2) is 7.36. The van der Waals surface area contributed by atoms with Crippen molar-refractivity contribution in [1.82, 2.24) is 0 Å². The molecule has 0 radical (unpaired) electrons. The van der Waals surface area contributed by atoms with Crippen molar-refractivity contribution >= 4 is 5.69 Å². The molecule has 148 valence electrons. The second-order valence-corrected chi connectivity index (χ2v) is 7.02. The number of anilines is 1. The van der Waals surface area contributed by atoms with Crippen molar-refractivity contribution in [2.24, 2.45) is 0 Å². The molecule has 2 aromatic carbocycles. The molecule has 0 saturated carbocycles. The van der Waals surface area contributed by atoms with Crippen LogP contribution in [-0.4, -0.2) is 16.3 Å². The molecule has 0 unspecified atom stereocenters. The van der Waals surface area contributed by atoms with Crippen LogP contribution in [0.1, 0.15) is 33.3 Å². The van der Waals surface area contributed by atoms with Crippen molar-refractivity contribution in [2.45, 2.75) is 45.1 Å². The molecule has 0 saturated heterocycles. The monoisotopic (exact) mass is 387 g/mol. The molecule has 0 heterocycles. The Hall–Kier alpha value is -2.32. The molecule has 0 fully saturated rings. The van der Waals surface area contributed by atoms with Gasteiger partial charge >= 0.3 is 6.18 Å². The summed E-state index contributed by atoms with van der Waals surface area (Å²) in [4.78, 5) is 5.48. The molecule has 0 aliphatic heterocycles. The normalized spacial score (nSPS) is 12.8. The Kier molecular flexibility index (Phi) is 5.72. The fraction of sp³-hybridized carbons (Fsp3) is 0.368. The summed E-state index contributed by atoms with van der Waals surface area (Å²) in [6.07, 6.45) is -4.80. The van der Waals surface area contributed by atoms with E-state index < -0.39 is 34.5 Å². The van der Waals surface area contributed by atoms with E-state index in [0.717, 1.165) is 12.1 Å². The third-order valence-electron chi connectivity index (χ3n) is 4.25. The molecule has 0 spiro atoms. The average molecular weight is 387 g/mol. The highest BCUT2D eigenvalue weighted by atomic mass is 19.4. The minimum absolute atomic E-state index is 0.153. The second-order valence-electron chi connectivity index (χ2n) is 7.02. The molecule has 4 nitrogen and oxygen atoms in total. The van der Waals surface area contributed by atoms with Crippen LogP contribution in [0, 0.1) is 5.82 Å². The number of hydrogen-bond acceptors (Lipinski definition) is 4. The summed E-state index contributed by atoms with van der Waals surface area (Å²) in [5.74, 6) is -1.84. The van der Waals surface area contributed by atoms with Gasteiger partial charge in [-0.2, -0.15) is 13.2 Å². The Balaban J connectivity index is 2.09. The minimum atomic E-state index is -4.80. The number of alkyl halides is 3. The zero-order chi connectivity index (χ0) is 20.5. The standard InChI is InChI=1S/C19H21F4NO3/c1-17(2,25)18(3,4)27-24-12-8-10-13(11-9-12)26-15-7-5-6-14(16(15)20)19(21,22)23/h5-11,24-25H,1-4H3. The molecule has 0 amide bonds. The van der Waals surface area contributed by atoms with Gasteiger partial charge in [0, 0.05) is 0 Å². The number of ether oxygens (including phenoxy) is 1. The zero-order valence-corrected chi connectivity index (χ0v) is 15.3. The SMILES string of the molecule is CC(C)(O)C(C)(C)ONc1ccc(Oc2cccc(C(F)(F)F)c2F)cc1. The Labute approximate surface area is 154 Å². The molecule has 2 rings (SSSR count). The van der Waals surface area contributed by atoms with Crippen LogP contribution in [0.4, 0.5) is 23.2 Å². The van der Waals surface area contributed by atoms with Crippen molar-refractivity contribution in [3.63, 3.8) is 0 Å². The number of hydrogen-bond donors (Lipinski definition) is 2. The first-order chi connectivity index (χ1) is 12.3. The van der Waals surface area contributed by atoms with Gasteiger partial charge in [-0.25, -0.2) is 4.39 Å². The number of aliphatic hydroxyl groups is 1. The van der Waals surface area contributed by atoms with E-state index in [0.29, 0.717) is 11.8 Å². The van der Waals surface area contributed by atoms with Crippen LogP contribution in [0.5, 0.6) is 11.5 Å². The van der Waals surface area contributed by atoms with Crippen LogP contribution in [0.15, 0.2) is 42.5 Å². The van der Waals surface area contributed by atoms with Gasteiger partial charge in [0.15, 0.2) is 11.6 Å². The molecule has 8 heteroatoms. The Bertz CT molecular complexity index is 781. The minimum Gasteiger partial charge on any atom is -0.454 e. The lowest BCUT2D eigenvalue weighted by molar-refractivity contribution is -0.140. The molecule has 0 atom stereocenters. The van der Waals surface area contributed by atoms with Crippen LogP contribution in [0.2, 0.25) is 0 Å². The molecule has 0 aliphatic rings. The Morgan fingerprint density at radius 2 is 1.52 bits per heavy atom. The first kappa shape index (κ1) is 21.0. The summed E-state index contributed by atoms with van der Waals surface area (Å²) in [7, 11) is 0. The number of rotatable bonds is 6. The van der Waals surface area contributed by atoms with Crippen molar-refractivity contribution in [3.05, 3.63) is 53.8 Å². The topological polar surface area (TPSA) is 50.7 Å². The van der Waals surface area contributed by atoms with E-state index in [-0.39, 0.29) is 5.75 Å². The van der Waals surface area contributed by atoms with Crippen molar-refractivity contribution < 1.29 is 32.2 Å². The molecule has 0 aromatic heterocycles. The van der Waals surface area contributed by atoms with Crippen LogP contribution in [0.3, 0.4) is 0 Å². The van der Waals surface area contributed by atoms with Crippen LogP contribution in [0.25, 0.3) is 0 Å². The highest BCUT2D eigenvalue weighted by molar-refractivity contribution is 5.46. The summed E-state index contributed by atoms with van der Waals surface area (Å²) >= 11 is 0. The first-order valence-corrected chi connectivity index (χ1v) is 8.11. The largest absolute Gasteiger partial charge is 0.454 e. The fourth-order valence-electron chi connectivity index (χ4n) is 1.84. The van der Waals surface area contributed by atoms with Gasteiger partial charge in [0.1, 0.15) is 11.4 Å². The lowest BCUT2D eigenvalue weighted by atomic mass is 9.90. The molecule has 2 aromatic rings. The Morgan fingerprint density at radius 3 is 2.04 bits per heavy atom. The number of nitrogens with one attached hydrogen (secondary N) is 1. The zero-order valence-electron chi connectivity index (χ0n) is 15.3. The predicted molar refractivity (Wildman–Crippen MR) is 93.0 cm³/mol. The summed E-state index contributed by atoms with van der Waals surface area (Å²) in [6, 6.07) is 8.82. The number of halogens is 4. The van der Waals surface area contributed by atoms with Gasteiger partial charge in [-0.1, -0.05) is 6.07 Å². The average Bonchev–Trinajstić information content (AvgIpc) is 2.54. The summed E-state index contributed by atoms with van der Waals surface area (Å²) < 4.78 is 57.5. The fourth-order valence-corrected chi connectivity index (χ4v) is 1.84. The highest BCUT2D eigenvalue weighted by Gasteiger charge is 2.37. The van der Waals surface area contributed by atoms with Crippen LogP contribution in [-0.2, 0) is 11.0 Å². The van der Waals surface area contributed by atoms with Gasteiger partial charge in [0.2, 0.25) is 0 Å². The van der Waals surface area contributed by atoms with E-state index in [1.165, 1.54) is 12.1 Å². The van der Waals surface area contributed by atoms with Crippen LogP contribution < -0.4 is 10.2 Å². The third-order valence-corrected chi connectivity index (χ3v) is 4.25. The first-order valence-electron chi connectivity index (χ1n) is 8.11. The van der Waals surface area contributed by atoms with Crippen molar-refractivity contribution in [3.8, 4) is 11.5 Å². The van der Waals surface area contributed by atoms with E-state index in [2.05, 4.69) is 5.48 Å². The van der Waals surface area contributed by atoms with Crippen molar-refractivity contribution in [1.29, 1.82) is 0 Å². The lowest BCUT2D eigenvalue weighted by Crippen LogP contribution is -2.48. The Morgan fingerprint density at radius 1 is 0.926 bits per heavy atom. The molecule has 2 N–H and O–H groups in total. The van der Waals surface area contributed by atoms with E-state index in [4.69, 9.17) is 9.57 Å². The van der Waals surface area contributed by atoms with Gasteiger partial charge in [0.05, 0.1) is 16.9 Å². The lowest BCUT2D eigenvalue weighted by Gasteiger charge is -2.36. The van der Waals surface area contributed by atoms with Gasteiger partial charge in [-0.3, -0.25) is 10.3 Å². The van der Waals surface area contributed by atoms with E-state index in [1.54, 1.807) is 39.8 Å².